The fourth-order valence-corrected chi connectivity index (χ4v) is 3.64. The van der Waals surface area contributed by atoms with Crippen LogP contribution in [0.3, 0.4) is 0 Å². The van der Waals surface area contributed by atoms with E-state index in [-0.39, 0.29) is 5.41 Å². The smallest absolute Gasteiger partial charge is 0.237 e. The van der Waals surface area contributed by atoms with Gasteiger partial charge < -0.3 is 15.0 Å². The molecule has 0 amide bonds. The summed E-state index contributed by atoms with van der Waals surface area (Å²) in [5.74, 6) is 1.29. The van der Waals surface area contributed by atoms with Gasteiger partial charge in [0.25, 0.3) is 0 Å². The van der Waals surface area contributed by atoms with Crippen LogP contribution < -0.4 is 5.73 Å². The summed E-state index contributed by atoms with van der Waals surface area (Å²) in [4.78, 5) is 4.71. The Balaban J connectivity index is 1.75. The van der Waals surface area contributed by atoms with Gasteiger partial charge in [0.1, 0.15) is 0 Å². The van der Waals surface area contributed by atoms with Crippen molar-refractivity contribution in [2.45, 2.75) is 43.1 Å². The molecular formula is C17H20ClN3O2. The highest BCUT2D eigenvalue weighted by Crippen LogP contribution is 2.43. The molecule has 2 N–H and O–H groups in total. The average Bonchev–Trinajstić information content (AvgIpc) is 3.05. The van der Waals surface area contributed by atoms with E-state index >= 15 is 0 Å². The quantitative estimate of drug-likeness (QED) is 0.933. The molecule has 2 aliphatic rings. The van der Waals surface area contributed by atoms with Crippen molar-refractivity contribution in [3.8, 4) is 0 Å². The minimum absolute atomic E-state index is 0.311. The van der Waals surface area contributed by atoms with Gasteiger partial charge in [-0.25, -0.2) is 0 Å². The number of nitrogens with zero attached hydrogens (tertiary/aromatic N) is 2. The maximum absolute atomic E-state index is 6.34. The summed E-state index contributed by atoms with van der Waals surface area (Å²) in [5, 5.41) is 4.92. The predicted molar refractivity (Wildman–Crippen MR) is 86.3 cm³/mol. The second kappa shape index (κ2) is 5.58. The lowest BCUT2D eigenvalue weighted by molar-refractivity contribution is 0.0523. The van der Waals surface area contributed by atoms with Gasteiger partial charge >= 0.3 is 0 Å². The van der Waals surface area contributed by atoms with Crippen LogP contribution in [0.4, 0.5) is 0 Å². The highest BCUT2D eigenvalue weighted by molar-refractivity contribution is 6.30. The highest BCUT2D eigenvalue weighted by atomic mass is 35.5. The fourth-order valence-electron chi connectivity index (χ4n) is 3.52. The minimum Gasteiger partial charge on any atom is -0.381 e. The van der Waals surface area contributed by atoms with E-state index in [2.05, 4.69) is 5.16 Å². The fraction of sp³-hybridized carbons (Fsp3) is 0.529. The largest absolute Gasteiger partial charge is 0.381 e. The van der Waals surface area contributed by atoms with Crippen molar-refractivity contribution in [1.82, 2.24) is 10.1 Å². The molecule has 1 aliphatic carbocycles. The van der Waals surface area contributed by atoms with Crippen LogP contribution in [0.15, 0.2) is 28.8 Å². The lowest BCUT2D eigenvalue weighted by Crippen LogP contribution is -2.44. The van der Waals surface area contributed by atoms with Gasteiger partial charge in [0.05, 0.1) is 11.0 Å². The first-order valence-electron chi connectivity index (χ1n) is 8.10. The molecule has 1 aromatic carbocycles. The van der Waals surface area contributed by atoms with E-state index in [1.165, 1.54) is 0 Å². The molecule has 0 atom stereocenters. The maximum atomic E-state index is 6.34. The van der Waals surface area contributed by atoms with Crippen LogP contribution in [0.2, 0.25) is 5.02 Å². The Hall–Kier alpha value is -1.43. The lowest BCUT2D eigenvalue weighted by atomic mass is 9.73. The molecule has 2 heterocycles. The molecule has 1 saturated carbocycles. The first-order chi connectivity index (χ1) is 11.1. The second-order valence-electron chi connectivity index (χ2n) is 6.63. The number of benzene rings is 1. The molecular weight excluding hydrogens is 314 g/mol. The van der Waals surface area contributed by atoms with E-state index < -0.39 is 5.54 Å². The number of ether oxygens (including phenoxy) is 1. The summed E-state index contributed by atoms with van der Waals surface area (Å²) in [5.41, 5.74) is 6.76. The number of nitrogens with two attached hydrogens (primary N) is 1. The van der Waals surface area contributed by atoms with E-state index in [4.69, 9.17) is 31.6 Å². The van der Waals surface area contributed by atoms with E-state index in [0.29, 0.717) is 24.9 Å². The van der Waals surface area contributed by atoms with Gasteiger partial charge in [-0.3, -0.25) is 0 Å². The Morgan fingerprint density at radius 3 is 2.35 bits per heavy atom. The SMILES string of the molecule is NC1(c2noc(C3(c4ccc(Cl)cc4)CCOCC3)n2)CCC1. The van der Waals surface area contributed by atoms with Gasteiger partial charge in [0, 0.05) is 18.2 Å². The van der Waals surface area contributed by atoms with E-state index in [1.54, 1.807) is 0 Å². The van der Waals surface area contributed by atoms with Crippen molar-refractivity contribution in [3.05, 3.63) is 46.6 Å². The Labute approximate surface area is 140 Å². The van der Waals surface area contributed by atoms with Crippen molar-refractivity contribution < 1.29 is 9.26 Å². The van der Waals surface area contributed by atoms with Crippen LogP contribution >= 0.6 is 11.6 Å². The molecule has 0 spiro atoms. The van der Waals surface area contributed by atoms with Gasteiger partial charge in [0.15, 0.2) is 5.82 Å². The van der Waals surface area contributed by atoms with Crippen molar-refractivity contribution in [2.75, 3.05) is 13.2 Å². The van der Waals surface area contributed by atoms with Crippen molar-refractivity contribution >= 4 is 11.6 Å². The number of aromatic nitrogens is 2. The van der Waals surface area contributed by atoms with Gasteiger partial charge in [-0.2, -0.15) is 4.98 Å². The molecule has 0 radical (unpaired) electrons. The lowest BCUT2D eigenvalue weighted by Gasteiger charge is -2.35. The van der Waals surface area contributed by atoms with E-state index in [1.807, 2.05) is 24.3 Å². The van der Waals surface area contributed by atoms with Gasteiger partial charge in [0.2, 0.25) is 5.89 Å². The van der Waals surface area contributed by atoms with Gasteiger partial charge in [-0.05, 0) is 49.8 Å². The molecule has 0 bridgehead atoms. The monoisotopic (exact) mass is 333 g/mol. The third kappa shape index (κ3) is 2.47. The summed E-state index contributed by atoms with van der Waals surface area (Å²) >= 11 is 6.04. The maximum Gasteiger partial charge on any atom is 0.237 e. The van der Waals surface area contributed by atoms with Crippen LogP contribution in [0, 0.1) is 0 Å². The van der Waals surface area contributed by atoms with Crippen molar-refractivity contribution in [2.24, 2.45) is 5.73 Å². The number of hydrogen-bond donors (Lipinski definition) is 1. The zero-order valence-corrected chi connectivity index (χ0v) is 13.7. The first-order valence-corrected chi connectivity index (χ1v) is 8.48. The summed E-state index contributed by atoms with van der Waals surface area (Å²) in [6.07, 6.45) is 4.59. The van der Waals surface area contributed by atoms with Crippen molar-refractivity contribution in [1.29, 1.82) is 0 Å². The summed E-state index contributed by atoms with van der Waals surface area (Å²) in [6, 6.07) is 7.89. The normalized spacial score (nSPS) is 22.5. The van der Waals surface area contributed by atoms with Gasteiger partial charge in [-0.1, -0.05) is 28.9 Å². The van der Waals surface area contributed by atoms with Crippen LogP contribution in [-0.2, 0) is 15.7 Å². The van der Waals surface area contributed by atoms with Gasteiger partial charge in [-0.15, -0.1) is 0 Å². The number of halogens is 1. The topological polar surface area (TPSA) is 74.2 Å². The summed E-state index contributed by atoms with van der Waals surface area (Å²) in [6.45, 7) is 1.35. The molecule has 23 heavy (non-hydrogen) atoms. The average molecular weight is 334 g/mol. The molecule has 5 nitrogen and oxygen atoms in total. The molecule has 1 saturated heterocycles. The molecule has 6 heteroatoms. The first kappa shape index (κ1) is 15.1. The summed E-state index contributed by atoms with van der Waals surface area (Å²) < 4.78 is 11.2. The number of hydrogen-bond acceptors (Lipinski definition) is 5. The molecule has 2 fully saturated rings. The zero-order chi connectivity index (χ0) is 15.9. The van der Waals surface area contributed by atoms with Crippen LogP contribution in [-0.4, -0.2) is 23.4 Å². The highest BCUT2D eigenvalue weighted by Gasteiger charge is 2.44. The Bertz CT molecular complexity index is 688. The molecule has 1 aromatic heterocycles. The Morgan fingerprint density at radius 2 is 1.74 bits per heavy atom. The third-order valence-corrected chi connectivity index (χ3v) is 5.52. The van der Waals surface area contributed by atoms with Crippen molar-refractivity contribution in [3.63, 3.8) is 0 Å². The standard InChI is InChI=1S/C17H20ClN3O2/c18-13-4-2-12(3-5-13)16(8-10-22-11-9-16)15-20-14(21-23-15)17(19)6-1-7-17/h2-5H,1,6-11,19H2. The zero-order valence-electron chi connectivity index (χ0n) is 12.9. The van der Waals surface area contributed by atoms with E-state index in [9.17, 15) is 0 Å². The molecule has 0 unspecified atom stereocenters. The molecule has 4 rings (SSSR count). The van der Waals surface area contributed by atoms with Crippen LogP contribution in [0.1, 0.15) is 49.4 Å². The third-order valence-electron chi connectivity index (χ3n) is 5.27. The van der Waals surface area contributed by atoms with Crippen LogP contribution in [0.25, 0.3) is 0 Å². The Kier molecular flexibility index (Phi) is 3.67. The minimum atomic E-state index is -0.409. The number of rotatable bonds is 3. The Morgan fingerprint density at radius 1 is 1.04 bits per heavy atom. The predicted octanol–water partition coefficient (Wildman–Crippen LogP) is 3.16. The molecule has 2 aromatic rings. The second-order valence-corrected chi connectivity index (χ2v) is 7.07. The summed E-state index contributed by atoms with van der Waals surface area (Å²) in [7, 11) is 0. The molecule has 122 valence electrons. The molecule has 1 aliphatic heterocycles. The van der Waals surface area contributed by atoms with E-state index in [0.717, 1.165) is 42.7 Å². The van der Waals surface area contributed by atoms with Crippen LogP contribution in [0.5, 0.6) is 0 Å².